The Morgan fingerprint density at radius 2 is 2.06 bits per heavy atom. The van der Waals surface area contributed by atoms with Gasteiger partial charge in [0.2, 0.25) is 0 Å². The molecule has 1 heterocycles. The van der Waals surface area contributed by atoms with Crippen LogP contribution in [0.3, 0.4) is 0 Å². The first-order valence-electron chi connectivity index (χ1n) is 6.78. The van der Waals surface area contributed by atoms with Gasteiger partial charge >= 0.3 is 0 Å². The van der Waals surface area contributed by atoms with E-state index in [2.05, 4.69) is 29.5 Å². The normalized spacial score (nSPS) is 20.4. The van der Waals surface area contributed by atoms with Gasteiger partial charge in [-0.05, 0) is 31.3 Å². The van der Waals surface area contributed by atoms with Crippen molar-refractivity contribution < 1.29 is 0 Å². The molecule has 1 atom stereocenters. The Morgan fingerprint density at radius 1 is 1.35 bits per heavy atom. The number of nitrogens with zero attached hydrogens (tertiary/aromatic N) is 1. The largest absolute Gasteiger partial charge is 0.329 e. The maximum absolute atomic E-state index is 5.98. The van der Waals surface area contributed by atoms with E-state index in [0.717, 1.165) is 12.6 Å². The summed E-state index contributed by atoms with van der Waals surface area (Å²) in [6, 6.07) is 5.49. The molecule has 2 N–H and O–H groups in total. The summed E-state index contributed by atoms with van der Waals surface area (Å²) in [6.45, 7) is 0.730. The maximum Gasteiger partial charge on any atom is 0.0564 e. The zero-order valence-electron chi connectivity index (χ0n) is 10.8. The molecule has 1 aliphatic rings. The summed E-state index contributed by atoms with van der Waals surface area (Å²) in [5, 5.41) is 2.15. The van der Waals surface area contributed by atoms with Crippen molar-refractivity contribution in [2.24, 2.45) is 5.73 Å². The van der Waals surface area contributed by atoms with Gasteiger partial charge in [-0.15, -0.1) is 11.3 Å². The Balaban J connectivity index is 2.03. The molecule has 0 aromatic carbocycles. The number of rotatable bonds is 4. The summed E-state index contributed by atoms with van der Waals surface area (Å²) in [5.41, 5.74) is 5.98. The number of hydrogen-bond acceptors (Lipinski definition) is 3. The fourth-order valence-corrected chi connectivity index (χ4v) is 3.77. The van der Waals surface area contributed by atoms with Crippen LogP contribution in [0.15, 0.2) is 17.5 Å². The average molecular weight is 252 g/mol. The minimum atomic E-state index is 0.415. The highest BCUT2D eigenvalue weighted by molar-refractivity contribution is 7.10. The fourth-order valence-electron chi connectivity index (χ4n) is 2.88. The van der Waals surface area contributed by atoms with Gasteiger partial charge in [-0.25, -0.2) is 0 Å². The van der Waals surface area contributed by atoms with Crippen molar-refractivity contribution in [1.29, 1.82) is 0 Å². The molecule has 2 rings (SSSR count). The Kier molecular flexibility index (Phi) is 5.01. The second-order valence-corrected chi connectivity index (χ2v) is 6.06. The van der Waals surface area contributed by atoms with Crippen molar-refractivity contribution in [3.05, 3.63) is 22.4 Å². The van der Waals surface area contributed by atoms with Gasteiger partial charge in [0.05, 0.1) is 6.04 Å². The molecule has 1 aromatic rings. The zero-order valence-corrected chi connectivity index (χ0v) is 11.6. The van der Waals surface area contributed by atoms with Crippen molar-refractivity contribution in [1.82, 2.24) is 4.90 Å². The average Bonchev–Trinajstić information content (AvgIpc) is 2.72. The van der Waals surface area contributed by atoms with E-state index in [1.807, 2.05) is 11.3 Å². The summed E-state index contributed by atoms with van der Waals surface area (Å²) in [7, 11) is 2.26. The van der Waals surface area contributed by atoms with E-state index in [9.17, 15) is 0 Å². The molecule has 0 radical (unpaired) electrons. The Hall–Kier alpha value is -0.380. The summed E-state index contributed by atoms with van der Waals surface area (Å²) in [6.07, 6.45) is 8.29. The third kappa shape index (κ3) is 3.30. The number of nitrogens with two attached hydrogens (primary N) is 1. The molecule has 17 heavy (non-hydrogen) atoms. The molecule has 2 nitrogen and oxygen atoms in total. The SMILES string of the molecule is CN(C1CCCCCC1)C(CN)c1cccs1. The molecule has 1 unspecified atom stereocenters. The van der Waals surface area contributed by atoms with E-state index in [-0.39, 0.29) is 0 Å². The van der Waals surface area contributed by atoms with Crippen LogP contribution in [0.25, 0.3) is 0 Å². The number of hydrogen-bond donors (Lipinski definition) is 1. The predicted molar refractivity (Wildman–Crippen MR) is 75.4 cm³/mol. The van der Waals surface area contributed by atoms with Gasteiger partial charge in [0, 0.05) is 17.5 Å². The van der Waals surface area contributed by atoms with Gasteiger partial charge in [-0.2, -0.15) is 0 Å². The lowest BCUT2D eigenvalue weighted by atomic mass is 10.0. The first kappa shape index (κ1) is 13.1. The van der Waals surface area contributed by atoms with Crippen LogP contribution in [0.5, 0.6) is 0 Å². The van der Waals surface area contributed by atoms with Crippen molar-refractivity contribution in [2.75, 3.05) is 13.6 Å². The number of thiophene rings is 1. The van der Waals surface area contributed by atoms with E-state index >= 15 is 0 Å². The highest BCUT2D eigenvalue weighted by Gasteiger charge is 2.24. The quantitative estimate of drug-likeness (QED) is 0.832. The lowest BCUT2D eigenvalue weighted by molar-refractivity contribution is 0.163. The molecule has 0 aliphatic heterocycles. The molecule has 0 amide bonds. The molecular formula is C14H24N2S. The third-order valence-corrected chi connectivity index (χ3v) is 4.96. The Labute approximate surface area is 109 Å². The van der Waals surface area contributed by atoms with Crippen molar-refractivity contribution >= 4 is 11.3 Å². The van der Waals surface area contributed by atoms with Crippen LogP contribution in [-0.2, 0) is 0 Å². The molecule has 0 bridgehead atoms. The van der Waals surface area contributed by atoms with Crippen molar-refractivity contribution in [3.63, 3.8) is 0 Å². The Morgan fingerprint density at radius 3 is 2.59 bits per heavy atom. The first-order chi connectivity index (χ1) is 8.33. The van der Waals surface area contributed by atoms with Gasteiger partial charge in [0.15, 0.2) is 0 Å². The third-order valence-electron chi connectivity index (χ3n) is 3.99. The van der Waals surface area contributed by atoms with Gasteiger partial charge in [-0.3, -0.25) is 4.90 Å². The van der Waals surface area contributed by atoms with Crippen LogP contribution in [0.2, 0.25) is 0 Å². The van der Waals surface area contributed by atoms with Crippen molar-refractivity contribution in [2.45, 2.75) is 50.6 Å². The second-order valence-electron chi connectivity index (χ2n) is 5.08. The van der Waals surface area contributed by atoms with E-state index in [1.54, 1.807) is 0 Å². The van der Waals surface area contributed by atoms with Crippen LogP contribution in [0.1, 0.15) is 49.4 Å². The molecule has 0 spiro atoms. The predicted octanol–water partition coefficient (Wildman–Crippen LogP) is 3.40. The second kappa shape index (κ2) is 6.53. The molecule has 3 heteroatoms. The molecule has 1 aliphatic carbocycles. The molecule has 96 valence electrons. The zero-order chi connectivity index (χ0) is 12.1. The van der Waals surface area contributed by atoms with Gasteiger partial charge in [-0.1, -0.05) is 31.7 Å². The Bertz CT molecular complexity index is 302. The molecule has 0 saturated heterocycles. The van der Waals surface area contributed by atoms with Crippen molar-refractivity contribution in [3.8, 4) is 0 Å². The van der Waals surface area contributed by atoms with Gasteiger partial charge in [0.25, 0.3) is 0 Å². The summed E-state index contributed by atoms with van der Waals surface area (Å²) in [4.78, 5) is 3.94. The summed E-state index contributed by atoms with van der Waals surface area (Å²) >= 11 is 1.83. The first-order valence-corrected chi connectivity index (χ1v) is 7.66. The highest BCUT2D eigenvalue weighted by Crippen LogP contribution is 2.29. The smallest absolute Gasteiger partial charge is 0.0564 e. The monoisotopic (exact) mass is 252 g/mol. The van der Waals surface area contributed by atoms with Crippen LogP contribution in [0.4, 0.5) is 0 Å². The summed E-state index contributed by atoms with van der Waals surface area (Å²) in [5.74, 6) is 0. The van der Waals surface area contributed by atoms with E-state index in [1.165, 1.54) is 43.4 Å². The molecule has 1 aromatic heterocycles. The number of likely N-dealkylation sites (N-methyl/N-ethyl adjacent to an activating group) is 1. The van der Waals surface area contributed by atoms with Crippen LogP contribution in [-0.4, -0.2) is 24.5 Å². The standard InChI is InChI=1S/C14H24N2S/c1-16(12-7-4-2-3-5-8-12)13(11-15)14-9-6-10-17-14/h6,9-10,12-13H,2-5,7-8,11,15H2,1H3. The minimum absolute atomic E-state index is 0.415. The summed E-state index contributed by atoms with van der Waals surface area (Å²) < 4.78 is 0. The lowest BCUT2D eigenvalue weighted by Crippen LogP contribution is -2.38. The fraction of sp³-hybridized carbons (Fsp3) is 0.714. The molecule has 1 fully saturated rings. The molecular weight excluding hydrogens is 228 g/mol. The maximum atomic E-state index is 5.98. The van der Waals surface area contributed by atoms with Gasteiger partial charge < -0.3 is 5.73 Å². The van der Waals surface area contributed by atoms with E-state index < -0.39 is 0 Å². The topological polar surface area (TPSA) is 29.3 Å². The van der Waals surface area contributed by atoms with E-state index in [4.69, 9.17) is 5.73 Å². The minimum Gasteiger partial charge on any atom is -0.329 e. The van der Waals surface area contributed by atoms with E-state index in [0.29, 0.717) is 6.04 Å². The highest BCUT2D eigenvalue weighted by atomic mass is 32.1. The lowest BCUT2D eigenvalue weighted by Gasteiger charge is -2.33. The molecule has 1 saturated carbocycles. The van der Waals surface area contributed by atoms with Crippen LogP contribution < -0.4 is 5.73 Å². The van der Waals surface area contributed by atoms with Crippen LogP contribution >= 0.6 is 11.3 Å². The van der Waals surface area contributed by atoms with Gasteiger partial charge in [0.1, 0.15) is 0 Å². The van der Waals surface area contributed by atoms with Crippen LogP contribution in [0, 0.1) is 0 Å².